The van der Waals surface area contributed by atoms with Crippen LogP contribution in [0.1, 0.15) is 18.9 Å². The molecule has 0 spiro atoms. The fourth-order valence-electron chi connectivity index (χ4n) is 2.23. The van der Waals surface area contributed by atoms with Gasteiger partial charge in [-0.2, -0.15) is 0 Å². The van der Waals surface area contributed by atoms with Crippen LogP contribution in [0, 0.1) is 11.2 Å². The second-order valence-corrected chi connectivity index (χ2v) is 6.29. The van der Waals surface area contributed by atoms with Crippen molar-refractivity contribution in [2.24, 2.45) is 5.41 Å². The van der Waals surface area contributed by atoms with E-state index in [1.54, 1.807) is 19.1 Å². The van der Waals surface area contributed by atoms with Gasteiger partial charge in [0, 0.05) is 29.2 Å². The van der Waals surface area contributed by atoms with Gasteiger partial charge in [0.05, 0.1) is 5.41 Å². The quantitative estimate of drug-likeness (QED) is 0.848. The third-order valence-electron chi connectivity index (χ3n) is 3.66. The molecule has 0 radical (unpaired) electrons. The molecule has 1 aromatic carbocycles. The van der Waals surface area contributed by atoms with Crippen molar-refractivity contribution in [3.05, 3.63) is 40.1 Å². The molecule has 1 saturated heterocycles. The third kappa shape index (κ3) is 3.50. The molecule has 0 aliphatic carbocycles. The largest absolute Gasteiger partial charge is 0.481 e. The standard InChI is InChI=1S/C15H15BrFNO3/c1-15(14(20)21)6-7-18(9-15)13(19)5-2-10-8-11(16)3-4-12(10)17/h2-5,8H,6-7,9H2,1H3,(H,20,21). The lowest BCUT2D eigenvalue weighted by Crippen LogP contribution is -2.34. The number of amides is 1. The molecule has 2 rings (SSSR count). The number of aliphatic carboxylic acids is 1. The summed E-state index contributed by atoms with van der Waals surface area (Å²) in [5, 5.41) is 9.14. The Bertz CT molecular complexity index is 617. The number of halogens is 2. The van der Waals surface area contributed by atoms with Crippen molar-refractivity contribution in [2.45, 2.75) is 13.3 Å². The van der Waals surface area contributed by atoms with Crippen LogP contribution in [0.15, 0.2) is 28.7 Å². The molecule has 1 amide bonds. The summed E-state index contributed by atoms with van der Waals surface area (Å²) in [4.78, 5) is 24.7. The first-order valence-electron chi connectivity index (χ1n) is 6.47. The summed E-state index contributed by atoms with van der Waals surface area (Å²) >= 11 is 3.24. The van der Waals surface area contributed by atoms with Crippen molar-refractivity contribution >= 4 is 33.9 Å². The summed E-state index contributed by atoms with van der Waals surface area (Å²) in [7, 11) is 0. The molecule has 0 bridgehead atoms. The highest BCUT2D eigenvalue weighted by atomic mass is 79.9. The number of carboxylic acids is 1. The van der Waals surface area contributed by atoms with Crippen molar-refractivity contribution in [1.82, 2.24) is 4.90 Å². The molecule has 1 fully saturated rings. The predicted octanol–water partition coefficient (Wildman–Crippen LogP) is 2.92. The lowest BCUT2D eigenvalue weighted by molar-refractivity contribution is -0.147. The lowest BCUT2D eigenvalue weighted by atomic mass is 9.90. The van der Waals surface area contributed by atoms with Gasteiger partial charge in [-0.15, -0.1) is 0 Å². The molecule has 0 aromatic heterocycles. The Hall–Kier alpha value is -1.69. The van der Waals surface area contributed by atoms with Gasteiger partial charge in [0.25, 0.3) is 0 Å². The highest BCUT2D eigenvalue weighted by Crippen LogP contribution is 2.30. The van der Waals surface area contributed by atoms with Crippen molar-refractivity contribution in [1.29, 1.82) is 0 Å². The molecule has 1 aliphatic rings. The number of carbonyl (C=O) groups excluding carboxylic acids is 1. The van der Waals surface area contributed by atoms with Crippen LogP contribution in [-0.2, 0) is 9.59 Å². The van der Waals surface area contributed by atoms with E-state index in [2.05, 4.69) is 15.9 Å². The SMILES string of the molecule is CC1(C(=O)O)CCN(C(=O)C=Cc2cc(Br)ccc2F)C1. The summed E-state index contributed by atoms with van der Waals surface area (Å²) in [5.74, 6) is -1.63. The number of carboxylic acid groups (broad SMARTS) is 1. The van der Waals surface area contributed by atoms with E-state index in [0.29, 0.717) is 18.5 Å². The van der Waals surface area contributed by atoms with Crippen LogP contribution >= 0.6 is 15.9 Å². The molecule has 1 unspecified atom stereocenters. The fraction of sp³-hybridized carbons (Fsp3) is 0.333. The van der Waals surface area contributed by atoms with Crippen LogP contribution in [-0.4, -0.2) is 35.0 Å². The third-order valence-corrected chi connectivity index (χ3v) is 4.16. The topological polar surface area (TPSA) is 57.6 Å². The maximum absolute atomic E-state index is 13.6. The Morgan fingerprint density at radius 1 is 1.48 bits per heavy atom. The summed E-state index contributed by atoms with van der Waals surface area (Å²) < 4.78 is 14.3. The molecule has 6 heteroatoms. The van der Waals surface area contributed by atoms with Crippen LogP contribution in [0.2, 0.25) is 0 Å². The van der Waals surface area contributed by atoms with Gasteiger partial charge in [0.1, 0.15) is 5.82 Å². The van der Waals surface area contributed by atoms with E-state index < -0.39 is 17.2 Å². The zero-order valence-electron chi connectivity index (χ0n) is 11.5. The summed E-state index contributed by atoms with van der Waals surface area (Å²) in [5.41, 5.74) is -0.595. The van der Waals surface area contributed by atoms with Crippen LogP contribution < -0.4 is 0 Å². The van der Waals surface area contributed by atoms with Crippen molar-refractivity contribution in [3.8, 4) is 0 Å². The monoisotopic (exact) mass is 355 g/mol. The zero-order valence-corrected chi connectivity index (χ0v) is 13.1. The van der Waals surface area contributed by atoms with Gasteiger partial charge in [-0.05, 0) is 37.6 Å². The maximum Gasteiger partial charge on any atom is 0.311 e. The van der Waals surface area contributed by atoms with Gasteiger partial charge in [0.15, 0.2) is 0 Å². The molecule has 112 valence electrons. The lowest BCUT2D eigenvalue weighted by Gasteiger charge is -2.18. The van der Waals surface area contributed by atoms with Crippen LogP contribution in [0.3, 0.4) is 0 Å². The van der Waals surface area contributed by atoms with Crippen LogP contribution in [0.4, 0.5) is 4.39 Å². The molecule has 1 atom stereocenters. The first kappa shape index (κ1) is 15.7. The van der Waals surface area contributed by atoms with Gasteiger partial charge in [-0.3, -0.25) is 9.59 Å². The summed E-state index contributed by atoms with van der Waals surface area (Å²) in [6.07, 6.45) is 3.10. The molecule has 21 heavy (non-hydrogen) atoms. The minimum atomic E-state index is -0.903. The van der Waals surface area contributed by atoms with Crippen molar-refractivity contribution < 1.29 is 19.1 Å². The minimum Gasteiger partial charge on any atom is -0.481 e. The first-order chi connectivity index (χ1) is 9.82. The Morgan fingerprint density at radius 2 is 2.19 bits per heavy atom. The Labute approximate surface area is 130 Å². The fourth-order valence-corrected chi connectivity index (χ4v) is 2.61. The van der Waals surface area contributed by atoms with Gasteiger partial charge in [0.2, 0.25) is 5.91 Å². The van der Waals surface area contributed by atoms with E-state index in [9.17, 15) is 14.0 Å². The number of likely N-dealkylation sites (tertiary alicyclic amines) is 1. The highest BCUT2D eigenvalue weighted by molar-refractivity contribution is 9.10. The first-order valence-corrected chi connectivity index (χ1v) is 7.26. The summed E-state index contributed by atoms with van der Waals surface area (Å²) in [6.45, 7) is 2.19. The van der Waals surface area contributed by atoms with Gasteiger partial charge in [-0.1, -0.05) is 15.9 Å². The molecule has 0 saturated carbocycles. The number of carbonyl (C=O) groups is 2. The maximum atomic E-state index is 13.6. The zero-order chi connectivity index (χ0) is 15.6. The molecular formula is C15H15BrFNO3. The highest BCUT2D eigenvalue weighted by Gasteiger charge is 2.41. The van der Waals surface area contributed by atoms with E-state index in [-0.39, 0.29) is 12.5 Å². The molecule has 4 nitrogen and oxygen atoms in total. The molecule has 1 heterocycles. The number of nitrogens with zero attached hydrogens (tertiary/aromatic N) is 1. The van der Waals surface area contributed by atoms with Gasteiger partial charge in [-0.25, -0.2) is 4.39 Å². The normalized spacial score (nSPS) is 22.0. The van der Waals surface area contributed by atoms with Crippen molar-refractivity contribution in [3.63, 3.8) is 0 Å². The van der Waals surface area contributed by atoms with Crippen LogP contribution in [0.5, 0.6) is 0 Å². The minimum absolute atomic E-state index is 0.173. The molecule has 1 aromatic rings. The smallest absolute Gasteiger partial charge is 0.311 e. The number of hydrogen-bond donors (Lipinski definition) is 1. The molecular weight excluding hydrogens is 341 g/mol. The summed E-state index contributed by atoms with van der Waals surface area (Å²) in [6, 6.07) is 4.46. The van der Waals surface area contributed by atoms with E-state index in [0.717, 1.165) is 4.47 Å². The van der Waals surface area contributed by atoms with E-state index in [1.165, 1.54) is 23.1 Å². The van der Waals surface area contributed by atoms with E-state index in [1.807, 2.05) is 0 Å². The average molecular weight is 356 g/mol. The van der Waals surface area contributed by atoms with Crippen LogP contribution in [0.25, 0.3) is 6.08 Å². The second kappa shape index (κ2) is 5.97. The number of hydrogen-bond acceptors (Lipinski definition) is 2. The number of rotatable bonds is 3. The Kier molecular flexibility index (Phi) is 4.46. The number of benzene rings is 1. The Balaban J connectivity index is 2.07. The van der Waals surface area contributed by atoms with E-state index >= 15 is 0 Å². The molecule has 1 N–H and O–H groups in total. The van der Waals surface area contributed by atoms with E-state index in [4.69, 9.17) is 5.11 Å². The molecule has 1 aliphatic heterocycles. The van der Waals surface area contributed by atoms with Gasteiger partial charge >= 0.3 is 5.97 Å². The second-order valence-electron chi connectivity index (χ2n) is 5.37. The average Bonchev–Trinajstić information content (AvgIpc) is 2.84. The van der Waals surface area contributed by atoms with Crippen molar-refractivity contribution in [2.75, 3.05) is 13.1 Å². The van der Waals surface area contributed by atoms with Gasteiger partial charge < -0.3 is 10.0 Å². The Morgan fingerprint density at radius 3 is 2.81 bits per heavy atom. The predicted molar refractivity (Wildman–Crippen MR) is 80.1 cm³/mol.